The molecule has 1 spiro atoms. The number of ether oxygens (including phenoxy) is 3. The van der Waals surface area contributed by atoms with Crippen LogP contribution in [0.1, 0.15) is 37.7 Å². The van der Waals surface area contributed by atoms with E-state index >= 15 is 0 Å². The molecule has 0 amide bonds. The Bertz CT molecular complexity index is 766. The Hall–Kier alpha value is -2.09. The van der Waals surface area contributed by atoms with E-state index in [1.165, 1.54) is 5.56 Å². The van der Waals surface area contributed by atoms with Crippen LogP contribution in [0, 0.1) is 3.57 Å². The Kier molecular flexibility index (Phi) is 6.71. The number of hydrogen-bond donors (Lipinski definition) is 0. The lowest BCUT2D eigenvalue weighted by molar-refractivity contribution is -0.241. The molecular weight excluding hydrogens is 459 g/mol. The number of para-hydroxylation sites is 1. The average molecular weight is 480 g/mol. The summed E-state index contributed by atoms with van der Waals surface area (Å²) in [7, 11) is 0. The summed E-state index contributed by atoms with van der Waals surface area (Å²) in [5, 5.41) is 0. The zero-order chi connectivity index (χ0) is 19.1. The van der Waals surface area contributed by atoms with Gasteiger partial charge in [-0.15, -0.1) is 0 Å². The molecule has 2 aliphatic rings. The first kappa shape index (κ1) is 19.7. The fourth-order valence-electron chi connectivity index (χ4n) is 3.04. The lowest BCUT2D eigenvalue weighted by atomic mass is 10.2. The van der Waals surface area contributed by atoms with E-state index in [1.54, 1.807) is 0 Å². The third-order valence-electron chi connectivity index (χ3n) is 4.33. The molecule has 0 aromatic heterocycles. The van der Waals surface area contributed by atoms with Crippen LogP contribution in [-0.4, -0.2) is 17.7 Å². The molecule has 1 saturated carbocycles. The highest BCUT2D eigenvalue weighted by Crippen LogP contribution is 2.37. The van der Waals surface area contributed by atoms with E-state index < -0.39 is 17.7 Å². The zero-order valence-corrected chi connectivity index (χ0v) is 17.0. The van der Waals surface area contributed by atoms with Crippen molar-refractivity contribution in [3.63, 3.8) is 0 Å². The molecule has 4 rings (SSSR count). The molecule has 0 N–H and O–H groups in total. The van der Waals surface area contributed by atoms with E-state index in [9.17, 15) is 9.59 Å². The summed E-state index contributed by atoms with van der Waals surface area (Å²) in [5.74, 6) is -0.838. The van der Waals surface area contributed by atoms with E-state index in [2.05, 4.69) is 34.7 Å². The summed E-state index contributed by atoms with van der Waals surface area (Å²) in [6, 6.07) is 18.2. The molecule has 1 aliphatic carbocycles. The second-order valence-corrected chi connectivity index (χ2v) is 7.61. The van der Waals surface area contributed by atoms with Gasteiger partial charge in [-0.1, -0.05) is 42.5 Å². The minimum absolute atomic E-state index is 0.234. The average Bonchev–Trinajstić information content (AvgIpc) is 3.08. The maximum Gasteiger partial charge on any atom is 0.320 e. The lowest BCUT2D eigenvalue weighted by Crippen LogP contribution is -2.42. The number of benzene rings is 2. The van der Waals surface area contributed by atoms with Gasteiger partial charge in [0.15, 0.2) is 0 Å². The molecule has 5 nitrogen and oxygen atoms in total. The molecule has 1 heterocycles. The van der Waals surface area contributed by atoms with Crippen molar-refractivity contribution in [2.24, 2.45) is 0 Å². The molecule has 0 unspecified atom stereocenters. The number of halogens is 1. The highest BCUT2D eigenvalue weighted by molar-refractivity contribution is 14.1. The van der Waals surface area contributed by atoms with Gasteiger partial charge in [0.05, 0.1) is 3.57 Å². The van der Waals surface area contributed by atoms with Gasteiger partial charge in [-0.2, -0.15) is 0 Å². The van der Waals surface area contributed by atoms with Crippen molar-refractivity contribution in [1.29, 1.82) is 0 Å². The first-order valence-electron chi connectivity index (χ1n) is 8.91. The molecule has 2 fully saturated rings. The molecule has 0 radical (unpaired) electrons. The molecule has 142 valence electrons. The number of hydrogen-bond acceptors (Lipinski definition) is 5. The Balaban J connectivity index is 0.000000159. The summed E-state index contributed by atoms with van der Waals surface area (Å²) >= 11 is 2.28. The highest BCUT2D eigenvalue weighted by Gasteiger charge is 2.45. The van der Waals surface area contributed by atoms with Crippen LogP contribution in [0.4, 0.5) is 0 Å². The second kappa shape index (κ2) is 9.21. The quantitative estimate of drug-likeness (QED) is 0.365. The van der Waals surface area contributed by atoms with Gasteiger partial charge in [-0.3, -0.25) is 9.59 Å². The van der Waals surface area contributed by atoms with Crippen molar-refractivity contribution in [3.8, 4) is 5.75 Å². The summed E-state index contributed by atoms with van der Waals surface area (Å²) in [4.78, 5) is 21.8. The van der Waals surface area contributed by atoms with Crippen LogP contribution < -0.4 is 4.74 Å². The molecule has 1 saturated heterocycles. The summed E-state index contributed by atoms with van der Waals surface area (Å²) in [6.45, 7) is 0.626. The fraction of sp³-hybridized carbons (Fsp3) is 0.333. The topological polar surface area (TPSA) is 61.8 Å². The van der Waals surface area contributed by atoms with Crippen LogP contribution in [0.5, 0.6) is 5.75 Å². The fourth-order valence-corrected chi connectivity index (χ4v) is 3.58. The monoisotopic (exact) mass is 480 g/mol. The van der Waals surface area contributed by atoms with Crippen molar-refractivity contribution in [1.82, 2.24) is 0 Å². The van der Waals surface area contributed by atoms with Crippen LogP contribution in [0.25, 0.3) is 0 Å². The van der Waals surface area contributed by atoms with E-state index in [0.717, 1.165) is 22.2 Å². The number of rotatable bonds is 3. The zero-order valence-electron chi connectivity index (χ0n) is 14.9. The van der Waals surface area contributed by atoms with Crippen molar-refractivity contribution in [2.45, 2.75) is 44.5 Å². The maximum absolute atomic E-state index is 10.9. The molecule has 0 bridgehead atoms. The van der Waals surface area contributed by atoms with Crippen LogP contribution in [-0.2, 0) is 25.7 Å². The smallest absolute Gasteiger partial charge is 0.320 e. The van der Waals surface area contributed by atoms with E-state index in [0.29, 0.717) is 19.4 Å². The minimum Gasteiger partial charge on any atom is -0.488 e. The van der Waals surface area contributed by atoms with Crippen LogP contribution >= 0.6 is 22.6 Å². The molecule has 2 aromatic carbocycles. The highest BCUT2D eigenvalue weighted by atomic mass is 127. The van der Waals surface area contributed by atoms with Gasteiger partial charge in [0.25, 0.3) is 5.79 Å². The standard InChI is InChI=1S/C13H11IO.C8H10O4/c14-12-8-4-5-9-13(12)15-10-11-6-2-1-3-7-11;9-6-5-7(10)12-8(11-6)3-1-2-4-8/h1-9H,10H2;1-5H2. The van der Waals surface area contributed by atoms with Crippen molar-refractivity contribution in [3.05, 3.63) is 63.7 Å². The first-order valence-corrected chi connectivity index (χ1v) is 9.99. The maximum atomic E-state index is 10.9. The Morgan fingerprint density at radius 3 is 2.11 bits per heavy atom. The Morgan fingerprint density at radius 1 is 0.889 bits per heavy atom. The number of esters is 2. The van der Waals surface area contributed by atoms with Crippen molar-refractivity contribution < 1.29 is 23.8 Å². The van der Waals surface area contributed by atoms with E-state index in [-0.39, 0.29) is 6.42 Å². The molecular formula is C21H21IO5. The predicted octanol–water partition coefficient (Wildman–Crippen LogP) is 4.62. The van der Waals surface area contributed by atoms with Crippen molar-refractivity contribution >= 4 is 34.5 Å². The van der Waals surface area contributed by atoms with Gasteiger partial charge in [0.1, 0.15) is 18.8 Å². The largest absolute Gasteiger partial charge is 0.488 e. The summed E-state index contributed by atoms with van der Waals surface area (Å²) < 4.78 is 16.9. The molecule has 6 heteroatoms. The van der Waals surface area contributed by atoms with Gasteiger partial charge in [-0.25, -0.2) is 0 Å². The third kappa shape index (κ3) is 5.69. The van der Waals surface area contributed by atoms with E-state index in [4.69, 9.17) is 14.2 Å². The Labute approximate surface area is 172 Å². The van der Waals surface area contributed by atoms with Crippen LogP contribution in [0.2, 0.25) is 0 Å². The number of carbonyl (C=O) groups excluding carboxylic acids is 2. The van der Waals surface area contributed by atoms with Crippen molar-refractivity contribution in [2.75, 3.05) is 0 Å². The van der Waals surface area contributed by atoms with Gasteiger partial charge >= 0.3 is 11.9 Å². The van der Waals surface area contributed by atoms with Gasteiger partial charge in [0.2, 0.25) is 0 Å². The Morgan fingerprint density at radius 2 is 1.48 bits per heavy atom. The molecule has 27 heavy (non-hydrogen) atoms. The van der Waals surface area contributed by atoms with Crippen LogP contribution in [0.3, 0.4) is 0 Å². The predicted molar refractivity (Wildman–Crippen MR) is 108 cm³/mol. The second-order valence-electron chi connectivity index (χ2n) is 6.45. The van der Waals surface area contributed by atoms with E-state index in [1.807, 2.05) is 42.5 Å². The minimum atomic E-state index is -0.883. The lowest BCUT2D eigenvalue weighted by Gasteiger charge is -2.31. The SMILES string of the molecule is Ic1ccccc1OCc1ccccc1.O=C1CC(=O)OC2(CCCC2)O1. The van der Waals surface area contributed by atoms with Gasteiger partial charge < -0.3 is 14.2 Å². The molecule has 0 atom stereocenters. The van der Waals surface area contributed by atoms with Crippen LogP contribution in [0.15, 0.2) is 54.6 Å². The normalized spacial score (nSPS) is 17.5. The third-order valence-corrected chi connectivity index (χ3v) is 5.22. The molecule has 1 aliphatic heterocycles. The first-order chi connectivity index (χ1) is 13.1. The van der Waals surface area contributed by atoms with Gasteiger partial charge in [0, 0.05) is 12.8 Å². The number of carbonyl (C=O) groups is 2. The molecule has 2 aromatic rings. The summed E-state index contributed by atoms with van der Waals surface area (Å²) in [6.07, 6.45) is 3.00. The van der Waals surface area contributed by atoms with Gasteiger partial charge in [-0.05, 0) is 53.1 Å². The summed E-state index contributed by atoms with van der Waals surface area (Å²) in [5.41, 5.74) is 1.19.